The van der Waals surface area contributed by atoms with E-state index in [0.717, 1.165) is 18.7 Å². The zero-order chi connectivity index (χ0) is 19.0. The molecule has 0 saturated carbocycles. The van der Waals surface area contributed by atoms with Crippen molar-refractivity contribution in [3.8, 4) is 0 Å². The Balaban J connectivity index is 1.57. The van der Waals surface area contributed by atoms with Crippen molar-refractivity contribution in [3.05, 3.63) is 73.7 Å². The summed E-state index contributed by atoms with van der Waals surface area (Å²) in [6.45, 7) is 0.696. The molecule has 0 radical (unpaired) electrons. The summed E-state index contributed by atoms with van der Waals surface area (Å²) < 4.78 is 1.70. The van der Waals surface area contributed by atoms with Gasteiger partial charge in [-0.3, -0.25) is 14.2 Å². The van der Waals surface area contributed by atoms with Crippen molar-refractivity contribution in [2.75, 3.05) is 0 Å². The zero-order valence-corrected chi connectivity index (χ0v) is 15.6. The number of nitrogens with one attached hydrogen (secondary N) is 1. The van der Waals surface area contributed by atoms with Gasteiger partial charge in [0.2, 0.25) is 0 Å². The average Bonchev–Trinajstić information content (AvgIpc) is 3.12. The third-order valence-electron chi connectivity index (χ3n) is 4.41. The third kappa shape index (κ3) is 3.46. The van der Waals surface area contributed by atoms with Crippen molar-refractivity contribution in [3.63, 3.8) is 0 Å². The van der Waals surface area contributed by atoms with Gasteiger partial charge in [0, 0.05) is 29.1 Å². The van der Waals surface area contributed by atoms with Crippen LogP contribution in [0, 0.1) is 0 Å². The monoisotopic (exact) mass is 400 g/mol. The Kier molecular flexibility index (Phi) is 4.68. The van der Waals surface area contributed by atoms with Crippen molar-refractivity contribution in [1.29, 1.82) is 0 Å². The van der Waals surface area contributed by atoms with E-state index in [1.54, 1.807) is 41.0 Å². The molecular formula is C19H14Cl2N4O2. The van der Waals surface area contributed by atoms with Gasteiger partial charge in [0.15, 0.2) is 0 Å². The van der Waals surface area contributed by atoms with Crippen LogP contribution in [0.15, 0.2) is 46.3 Å². The van der Waals surface area contributed by atoms with E-state index in [9.17, 15) is 9.59 Å². The predicted molar refractivity (Wildman–Crippen MR) is 106 cm³/mol. The number of rotatable bonds is 3. The molecule has 0 aliphatic carbocycles. The maximum absolute atomic E-state index is 12.5. The van der Waals surface area contributed by atoms with E-state index >= 15 is 0 Å². The first-order chi connectivity index (χ1) is 13.0. The molecule has 1 aliphatic rings. The van der Waals surface area contributed by atoms with Crippen LogP contribution in [0.25, 0.3) is 10.9 Å². The van der Waals surface area contributed by atoms with E-state index in [1.165, 1.54) is 6.21 Å². The van der Waals surface area contributed by atoms with E-state index in [0.29, 0.717) is 38.6 Å². The fourth-order valence-corrected chi connectivity index (χ4v) is 3.51. The van der Waals surface area contributed by atoms with Crippen LogP contribution < -0.4 is 11.0 Å². The molecule has 27 heavy (non-hydrogen) atoms. The number of carbonyl (C=O) groups excluding carboxylic acids is 1. The minimum absolute atomic E-state index is 0.0603. The molecule has 0 atom stereocenters. The fourth-order valence-electron chi connectivity index (χ4n) is 3.06. The lowest BCUT2D eigenvalue weighted by Crippen LogP contribution is -2.22. The van der Waals surface area contributed by atoms with Crippen LogP contribution in [-0.4, -0.2) is 21.7 Å². The van der Waals surface area contributed by atoms with Gasteiger partial charge in [0.05, 0.1) is 22.1 Å². The summed E-state index contributed by atoms with van der Waals surface area (Å²) in [5.41, 5.74) is 3.91. The fraction of sp³-hybridized carbons (Fsp3) is 0.158. The summed E-state index contributed by atoms with van der Waals surface area (Å²) in [7, 11) is 0. The highest BCUT2D eigenvalue weighted by Crippen LogP contribution is 2.19. The van der Waals surface area contributed by atoms with Crippen molar-refractivity contribution in [2.45, 2.75) is 19.4 Å². The van der Waals surface area contributed by atoms with Gasteiger partial charge in [-0.1, -0.05) is 29.3 Å². The Morgan fingerprint density at radius 1 is 1.22 bits per heavy atom. The molecule has 6 nitrogen and oxygen atoms in total. The first-order valence-electron chi connectivity index (χ1n) is 8.35. The molecule has 2 aromatic carbocycles. The Morgan fingerprint density at radius 3 is 2.89 bits per heavy atom. The summed E-state index contributed by atoms with van der Waals surface area (Å²) in [4.78, 5) is 29.3. The van der Waals surface area contributed by atoms with E-state index in [4.69, 9.17) is 23.2 Å². The molecule has 1 N–H and O–H groups in total. The molecule has 0 fully saturated rings. The second-order valence-electron chi connectivity index (χ2n) is 6.19. The van der Waals surface area contributed by atoms with Crippen LogP contribution in [0.4, 0.5) is 0 Å². The van der Waals surface area contributed by atoms with Gasteiger partial charge in [-0.15, -0.1) is 0 Å². The second-order valence-corrected chi connectivity index (χ2v) is 7.03. The molecule has 1 aliphatic heterocycles. The van der Waals surface area contributed by atoms with E-state index in [-0.39, 0.29) is 5.56 Å². The van der Waals surface area contributed by atoms with E-state index in [1.807, 2.05) is 0 Å². The van der Waals surface area contributed by atoms with Gasteiger partial charge in [0.25, 0.3) is 11.5 Å². The zero-order valence-electron chi connectivity index (χ0n) is 14.1. The van der Waals surface area contributed by atoms with Crippen molar-refractivity contribution in [1.82, 2.24) is 15.0 Å². The summed E-state index contributed by atoms with van der Waals surface area (Å²) >= 11 is 11.9. The van der Waals surface area contributed by atoms with Crippen LogP contribution >= 0.6 is 23.2 Å². The van der Waals surface area contributed by atoms with Crippen LogP contribution in [0.2, 0.25) is 10.0 Å². The SMILES string of the molecule is O=C(N/N=C\c1ccc(Cl)cc1Cl)c1ccc2c(=O)n3c(nc2c1)CCC3. The minimum atomic E-state index is -0.402. The van der Waals surface area contributed by atoms with Crippen LogP contribution in [0.3, 0.4) is 0 Å². The Morgan fingerprint density at radius 2 is 2.07 bits per heavy atom. The van der Waals surface area contributed by atoms with Gasteiger partial charge in [-0.25, -0.2) is 10.4 Å². The molecule has 8 heteroatoms. The number of halogens is 2. The number of amides is 1. The van der Waals surface area contributed by atoms with Gasteiger partial charge in [0.1, 0.15) is 5.82 Å². The highest BCUT2D eigenvalue weighted by Gasteiger charge is 2.17. The van der Waals surface area contributed by atoms with Gasteiger partial charge < -0.3 is 0 Å². The van der Waals surface area contributed by atoms with Crippen molar-refractivity contribution < 1.29 is 4.79 Å². The van der Waals surface area contributed by atoms with Crippen molar-refractivity contribution in [2.24, 2.45) is 5.10 Å². The number of aryl methyl sites for hydroxylation is 1. The van der Waals surface area contributed by atoms with Gasteiger partial charge in [-0.2, -0.15) is 5.10 Å². The van der Waals surface area contributed by atoms with Crippen LogP contribution in [0.5, 0.6) is 0 Å². The molecule has 2 heterocycles. The number of hydrogen-bond donors (Lipinski definition) is 1. The van der Waals surface area contributed by atoms with E-state index < -0.39 is 5.91 Å². The molecule has 136 valence electrons. The Bertz CT molecular complexity index is 1150. The molecule has 0 bridgehead atoms. The lowest BCUT2D eigenvalue weighted by Gasteiger charge is -2.06. The van der Waals surface area contributed by atoms with Crippen LogP contribution in [0.1, 0.15) is 28.2 Å². The number of fused-ring (bicyclic) bond motifs is 2. The Labute approximate surface area is 164 Å². The lowest BCUT2D eigenvalue weighted by molar-refractivity contribution is 0.0955. The van der Waals surface area contributed by atoms with Crippen molar-refractivity contribution >= 4 is 46.2 Å². The van der Waals surface area contributed by atoms with E-state index in [2.05, 4.69) is 15.5 Å². The summed E-state index contributed by atoms with van der Waals surface area (Å²) in [6.07, 6.45) is 3.12. The van der Waals surface area contributed by atoms with Gasteiger partial charge in [-0.05, 0) is 36.8 Å². The first-order valence-corrected chi connectivity index (χ1v) is 9.10. The smallest absolute Gasteiger partial charge is 0.271 e. The van der Waals surface area contributed by atoms with Gasteiger partial charge >= 0.3 is 0 Å². The second kappa shape index (κ2) is 7.13. The highest BCUT2D eigenvalue weighted by atomic mass is 35.5. The largest absolute Gasteiger partial charge is 0.296 e. The third-order valence-corrected chi connectivity index (χ3v) is 4.97. The number of nitrogens with zero attached hydrogens (tertiary/aromatic N) is 3. The summed E-state index contributed by atoms with van der Waals surface area (Å²) in [6, 6.07) is 9.81. The number of benzene rings is 2. The highest BCUT2D eigenvalue weighted by molar-refractivity contribution is 6.36. The number of aromatic nitrogens is 2. The summed E-state index contributed by atoms with van der Waals surface area (Å²) in [5.74, 6) is 0.362. The molecule has 3 aromatic rings. The quantitative estimate of drug-likeness (QED) is 0.540. The standard InChI is InChI=1S/C19H14Cl2N4O2/c20-13-5-3-12(15(21)9-13)10-22-24-18(26)11-4-6-14-16(8-11)23-17-2-1-7-25(17)19(14)27/h3-6,8-10H,1-2,7H2,(H,24,26)/b22-10-. The maximum atomic E-state index is 12.5. The lowest BCUT2D eigenvalue weighted by atomic mass is 10.1. The average molecular weight is 401 g/mol. The molecular weight excluding hydrogens is 387 g/mol. The predicted octanol–water partition coefficient (Wildman–Crippen LogP) is 3.41. The maximum Gasteiger partial charge on any atom is 0.271 e. The summed E-state index contributed by atoms with van der Waals surface area (Å²) in [5, 5.41) is 5.39. The molecule has 1 aromatic heterocycles. The number of hydrogen-bond acceptors (Lipinski definition) is 4. The molecule has 1 amide bonds. The topological polar surface area (TPSA) is 76.3 Å². The molecule has 0 spiro atoms. The Hall–Kier alpha value is -2.70. The van der Waals surface area contributed by atoms with Crippen LogP contribution in [-0.2, 0) is 13.0 Å². The molecule has 0 unspecified atom stereocenters. The minimum Gasteiger partial charge on any atom is -0.296 e. The first kappa shape index (κ1) is 17.7. The number of carbonyl (C=O) groups is 1. The number of hydrazone groups is 1. The normalized spacial score (nSPS) is 13.3. The molecule has 4 rings (SSSR count). The molecule has 0 saturated heterocycles.